The molecule has 1 atom stereocenters. The Labute approximate surface area is 105 Å². The average Bonchev–Trinajstić information content (AvgIpc) is 2.25. The van der Waals surface area contributed by atoms with Crippen LogP contribution in [0.5, 0.6) is 0 Å². The van der Waals surface area contributed by atoms with Crippen molar-refractivity contribution in [2.24, 2.45) is 5.73 Å². The van der Waals surface area contributed by atoms with Crippen LogP contribution in [0.4, 0.5) is 5.82 Å². The van der Waals surface area contributed by atoms with Gasteiger partial charge >= 0.3 is 0 Å². The van der Waals surface area contributed by atoms with E-state index in [1.165, 1.54) is 10.8 Å². The van der Waals surface area contributed by atoms with E-state index in [1.54, 1.807) is 6.20 Å². The molecule has 0 saturated carbocycles. The molecule has 1 aromatic rings. The first-order valence-electron chi connectivity index (χ1n) is 5.53. The lowest BCUT2D eigenvalue weighted by Gasteiger charge is -2.22. The Kier molecular flexibility index (Phi) is 4.07. The van der Waals surface area contributed by atoms with Crippen molar-refractivity contribution < 1.29 is 9.90 Å². The summed E-state index contributed by atoms with van der Waals surface area (Å²) in [4.78, 5) is 26.6. The molecular weight excluding hydrogens is 236 g/mol. The van der Waals surface area contributed by atoms with Crippen LogP contribution in [0.15, 0.2) is 17.2 Å². The van der Waals surface area contributed by atoms with Crippen molar-refractivity contribution in [3.05, 3.63) is 22.7 Å². The smallest absolute Gasteiger partial charge is 0.293 e. The number of carbonyl (C=O) groups excluding carboxylic acids is 1. The summed E-state index contributed by atoms with van der Waals surface area (Å²) in [6.07, 6.45) is 1.71. The SMILES string of the molecule is CC(C)(C)n1ccnc(NCC(O)C(N)=O)c1=O. The van der Waals surface area contributed by atoms with Crippen molar-refractivity contribution in [1.29, 1.82) is 0 Å². The number of rotatable bonds is 4. The summed E-state index contributed by atoms with van der Waals surface area (Å²) in [6.45, 7) is 5.51. The highest BCUT2D eigenvalue weighted by atomic mass is 16.3. The lowest BCUT2D eigenvalue weighted by atomic mass is 10.1. The molecule has 0 fully saturated rings. The standard InChI is InChI=1S/C11H18N4O3/c1-11(2,3)15-5-4-13-9(10(15)18)14-6-7(16)8(12)17/h4-5,7,16H,6H2,1-3H3,(H2,12,17)(H,13,14). The van der Waals surface area contributed by atoms with Crippen LogP contribution in [0.2, 0.25) is 0 Å². The van der Waals surface area contributed by atoms with Gasteiger partial charge in [-0.05, 0) is 20.8 Å². The molecule has 1 amide bonds. The number of aliphatic hydroxyl groups is 1. The lowest BCUT2D eigenvalue weighted by Crippen LogP contribution is -2.38. The Morgan fingerprint density at radius 2 is 2.22 bits per heavy atom. The molecule has 18 heavy (non-hydrogen) atoms. The quantitative estimate of drug-likeness (QED) is 0.655. The van der Waals surface area contributed by atoms with Gasteiger partial charge < -0.3 is 20.7 Å². The molecule has 7 nitrogen and oxygen atoms in total. The number of carbonyl (C=O) groups is 1. The number of aromatic nitrogens is 2. The zero-order valence-corrected chi connectivity index (χ0v) is 10.7. The van der Waals surface area contributed by atoms with Crippen LogP contribution in [-0.4, -0.2) is 33.2 Å². The number of nitrogens with one attached hydrogen (secondary N) is 1. The molecule has 0 aromatic carbocycles. The molecule has 100 valence electrons. The number of aliphatic hydroxyl groups excluding tert-OH is 1. The molecule has 1 unspecified atom stereocenters. The van der Waals surface area contributed by atoms with Crippen LogP contribution in [0.1, 0.15) is 20.8 Å². The number of anilines is 1. The number of hydrogen-bond acceptors (Lipinski definition) is 5. The second-order valence-corrected chi connectivity index (χ2v) is 4.92. The lowest BCUT2D eigenvalue weighted by molar-refractivity contribution is -0.125. The molecule has 4 N–H and O–H groups in total. The van der Waals surface area contributed by atoms with Gasteiger partial charge in [0.25, 0.3) is 5.56 Å². The fourth-order valence-corrected chi connectivity index (χ4v) is 1.35. The zero-order valence-electron chi connectivity index (χ0n) is 10.7. The maximum Gasteiger partial charge on any atom is 0.293 e. The summed E-state index contributed by atoms with van der Waals surface area (Å²) < 4.78 is 1.51. The summed E-state index contributed by atoms with van der Waals surface area (Å²) in [5.74, 6) is -0.776. The van der Waals surface area contributed by atoms with E-state index in [0.717, 1.165) is 0 Å². The summed E-state index contributed by atoms with van der Waals surface area (Å²) in [7, 11) is 0. The van der Waals surface area contributed by atoms with Gasteiger partial charge in [0.05, 0.1) is 6.54 Å². The summed E-state index contributed by atoms with van der Waals surface area (Å²) in [6, 6.07) is 0. The van der Waals surface area contributed by atoms with Crippen LogP contribution in [0, 0.1) is 0 Å². The molecular formula is C11H18N4O3. The van der Waals surface area contributed by atoms with Crippen molar-refractivity contribution in [2.75, 3.05) is 11.9 Å². The second kappa shape index (κ2) is 5.18. The van der Waals surface area contributed by atoms with Gasteiger partial charge in [0.1, 0.15) is 6.10 Å². The Morgan fingerprint density at radius 1 is 1.61 bits per heavy atom. The normalized spacial score (nSPS) is 13.1. The minimum Gasteiger partial charge on any atom is -0.381 e. The van der Waals surface area contributed by atoms with E-state index < -0.39 is 12.0 Å². The van der Waals surface area contributed by atoms with Gasteiger partial charge in [-0.15, -0.1) is 0 Å². The fourth-order valence-electron chi connectivity index (χ4n) is 1.35. The third-order valence-corrected chi connectivity index (χ3v) is 2.35. The van der Waals surface area contributed by atoms with Gasteiger partial charge in [-0.3, -0.25) is 9.59 Å². The first-order valence-corrected chi connectivity index (χ1v) is 5.53. The Bertz CT molecular complexity index is 490. The van der Waals surface area contributed by atoms with Crippen LogP contribution >= 0.6 is 0 Å². The topological polar surface area (TPSA) is 110 Å². The molecule has 1 heterocycles. The molecule has 0 aliphatic heterocycles. The molecule has 1 aromatic heterocycles. The minimum absolute atomic E-state index is 0.0766. The fraction of sp³-hybridized carbons (Fsp3) is 0.545. The molecule has 0 bridgehead atoms. The first-order chi connectivity index (χ1) is 8.23. The van der Waals surface area contributed by atoms with Crippen molar-refractivity contribution >= 4 is 11.7 Å². The summed E-state index contributed by atoms with van der Waals surface area (Å²) in [5, 5.41) is 11.8. The van der Waals surface area contributed by atoms with Gasteiger partial charge in [0.15, 0.2) is 5.82 Å². The number of hydrogen-bond donors (Lipinski definition) is 3. The third kappa shape index (κ3) is 3.30. The predicted octanol–water partition coefficient (Wildman–Crippen LogP) is -0.744. The second-order valence-electron chi connectivity index (χ2n) is 4.92. The summed E-state index contributed by atoms with van der Waals surface area (Å²) in [5.41, 5.74) is 4.21. The highest BCUT2D eigenvalue weighted by Crippen LogP contribution is 2.10. The van der Waals surface area contributed by atoms with Crippen molar-refractivity contribution in [3.63, 3.8) is 0 Å². The van der Waals surface area contributed by atoms with Gasteiger partial charge in [-0.1, -0.05) is 0 Å². The number of amides is 1. The number of nitrogens with two attached hydrogens (primary N) is 1. The van der Waals surface area contributed by atoms with E-state index in [2.05, 4.69) is 10.3 Å². The highest BCUT2D eigenvalue weighted by molar-refractivity contribution is 5.79. The number of primary amides is 1. The van der Waals surface area contributed by atoms with Gasteiger partial charge in [-0.2, -0.15) is 0 Å². The largest absolute Gasteiger partial charge is 0.381 e. The minimum atomic E-state index is -1.35. The van der Waals surface area contributed by atoms with Crippen molar-refractivity contribution in [1.82, 2.24) is 9.55 Å². The summed E-state index contributed by atoms with van der Waals surface area (Å²) >= 11 is 0. The maximum atomic E-state index is 12.0. The van der Waals surface area contributed by atoms with Crippen LogP contribution < -0.4 is 16.6 Å². The van der Waals surface area contributed by atoms with E-state index >= 15 is 0 Å². The van der Waals surface area contributed by atoms with E-state index in [9.17, 15) is 14.7 Å². The Balaban J connectivity index is 2.92. The third-order valence-electron chi connectivity index (χ3n) is 2.35. The van der Waals surface area contributed by atoms with E-state index in [1.807, 2.05) is 20.8 Å². The van der Waals surface area contributed by atoms with Gasteiger partial charge in [0.2, 0.25) is 5.91 Å². The van der Waals surface area contributed by atoms with Crippen LogP contribution in [0.3, 0.4) is 0 Å². The average molecular weight is 254 g/mol. The molecule has 0 aliphatic carbocycles. The van der Waals surface area contributed by atoms with E-state index in [4.69, 9.17) is 5.73 Å². The molecule has 0 aliphatic rings. The van der Waals surface area contributed by atoms with Gasteiger partial charge in [-0.25, -0.2) is 4.98 Å². The van der Waals surface area contributed by atoms with E-state index in [-0.39, 0.29) is 23.5 Å². The van der Waals surface area contributed by atoms with Crippen molar-refractivity contribution in [3.8, 4) is 0 Å². The Hall–Kier alpha value is -1.89. The Morgan fingerprint density at radius 3 is 2.72 bits per heavy atom. The molecule has 7 heteroatoms. The molecule has 1 rings (SSSR count). The van der Waals surface area contributed by atoms with Crippen LogP contribution in [-0.2, 0) is 10.3 Å². The molecule has 0 radical (unpaired) electrons. The highest BCUT2D eigenvalue weighted by Gasteiger charge is 2.17. The van der Waals surface area contributed by atoms with Crippen LogP contribution in [0.25, 0.3) is 0 Å². The monoisotopic (exact) mass is 254 g/mol. The molecule has 0 spiro atoms. The predicted molar refractivity (Wildman–Crippen MR) is 67.2 cm³/mol. The van der Waals surface area contributed by atoms with E-state index in [0.29, 0.717) is 0 Å². The first kappa shape index (κ1) is 14.2. The van der Waals surface area contributed by atoms with Gasteiger partial charge in [0, 0.05) is 17.9 Å². The van der Waals surface area contributed by atoms with Crippen molar-refractivity contribution in [2.45, 2.75) is 32.4 Å². The maximum absolute atomic E-state index is 12.0. The number of nitrogens with zero attached hydrogens (tertiary/aromatic N) is 2. The zero-order chi connectivity index (χ0) is 13.9. The molecule has 0 saturated heterocycles.